The van der Waals surface area contributed by atoms with E-state index in [0.717, 1.165) is 11.4 Å². The maximum absolute atomic E-state index is 12.7. The molecule has 2 aliphatic carbocycles. The topological polar surface area (TPSA) is 111 Å². The van der Waals surface area contributed by atoms with Gasteiger partial charge in [-0.15, -0.1) is 0 Å². The van der Waals surface area contributed by atoms with Gasteiger partial charge in [-0.2, -0.15) is 10.1 Å². The number of ether oxygens (including phenoxy) is 2. The minimum Gasteiger partial charge on any atom is -0.493 e. The van der Waals surface area contributed by atoms with Gasteiger partial charge in [0.1, 0.15) is 0 Å². The lowest BCUT2D eigenvalue weighted by molar-refractivity contribution is -0.140. The number of hydrogen-bond donors (Lipinski definition) is 1. The van der Waals surface area contributed by atoms with Gasteiger partial charge in [0.2, 0.25) is 0 Å². The number of carbonyl (C=O) groups is 3. The number of rotatable bonds is 6. The summed E-state index contributed by atoms with van der Waals surface area (Å²) in [7, 11) is 1.46. The van der Waals surface area contributed by atoms with Crippen LogP contribution < -0.4 is 15.2 Å². The van der Waals surface area contributed by atoms with E-state index >= 15 is 0 Å². The van der Waals surface area contributed by atoms with Crippen LogP contribution in [0.2, 0.25) is 0 Å². The number of nitrogens with two attached hydrogens (primary N) is 1. The second-order valence-electron chi connectivity index (χ2n) is 7.02. The molecule has 1 aliphatic heterocycles. The molecule has 0 spiro atoms. The van der Waals surface area contributed by atoms with E-state index in [2.05, 4.69) is 21.0 Å². The molecule has 28 heavy (non-hydrogen) atoms. The lowest BCUT2D eigenvalue weighted by atomic mass is 9.85. The van der Waals surface area contributed by atoms with E-state index < -0.39 is 5.91 Å². The first-order valence-electron chi connectivity index (χ1n) is 8.79. The van der Waals surface area contributed by atoms with Gasteiger partial charge in [0, 0.05) is 0 Å². The Hall–Kier alpha value is -2.68. The molecule has 146 valence electrons. The maximum atomic E-state index is 12.7. The van der Waals surface area contributed by atoms with E-state index in [1.807, 2.05) is 12.2 Å². The largest absolute Gasteiger partial charge is 0.493 e. The van der Waals surface area contributed by atoms with Gasteiger partial charge in [-0.25, -0.2) is 0 Å². The average Bonchev–Trinajstić information content (AvgIpc) is 3.33. The summed E-state index contributed by atoms with van der Waals surface area (Å²) < 4.78 is 11.2. The average molecular weight is 448 g/mol. The Bertz CT molecular complexity index is 898. The number of hydrazone groups is 1. The minimum absolute atomic E-state index is 0.141. The highest BCUT2D eigenvalue weighted by Crippen LogP contribution is 2.52. The normalized spacial score (nSPS) is 27.7. The van der Waals surface area contributed by atoms with Gasteiger partial charge < -0.3 is 15.2 Å². The molecule has 1 saturated heterocycles. The molecule has 2 bridgehead atoms. The molecule has 9 heteroatoms. The molecule has 3 aliphatic rings. The molecule has 1 aromatic rings. The number of amides is 3. The zero-order chi connectivity index (χ0) is 20.0. The number of primary amides is 1. The fourth-order valence-electron chi connectivity index (χ4n) is 4.22. The molecular formula is C19H18BrN3O5. The molecule has 1 aromatic carbocycles. The number of nitrogens with zero attached hydrogens (tertiary/aromatic N) is 2. The Morgan fingerprint density at radius 1 is 1.29 bits per heavy atom. The zero-order valence-corrected chi connectivity index (χ0v) is 16.6. The van der Waals surface area contributed by atoms with Crippen LogP contribution in [-0.4, -0.2) is 42.7 Å². The van der Waals surface area contributed by atoms with Crippen molar-refractivity contribution in [2.24, 2.45) is 34.5 Å². The number of imide groups is 1. The predicted octanol–water partition coefficient (Wildman–Crippen LogP) is 1.46. The molecule has 8 nitrogen and oxygen atoms in total. The van der Waals surface area contributed by atoms with Gasteiger partial charge in [0.15, 0.2) is 18.1 Å². The van der Waals surface area contributed by atoms with Crippen LogP contribution in [0.3, 0.4) is 0 Å². The standard InChI is InChI=1S/C19H18BrN3O5/c1-27-13-5-9(4-12(20)17(13)28-8-14(21)24)7-22-23-18(25)15-10-2-3-11(6-10)16(15)19(23)26/h2-5,7,10-11,15-16H,6,8H2,1H3,(H2,21,24)/t10-,11-,15-,16+/m0/s1. The van der Waals surface area contributed by atoms with Crippen molar-refractivity contribution in [2.75, 3.05) is 13.7 Å². The van der Waals surface area contributed by atoms with Crippen LogP contribution in [0.4, 0.5) is 0 Å². The third-order valence-corrected chi connectivity index (χ3v) is 5.97. The Balaban J connectivity index is 1.55. The molecule has 4 rings (SSSR count). The fraction of sp³-hybridized carbons (Fsp3) is 0.368. The van der Waals surface area contributed by atoms with E-state index in [1.54, 1.807) is 12.1 Å². The lowest BCUT2D eigenvalue weighted by Gasteiger charge is -2.13. The number of carbonyl (C=O) groups excluding carboxylic acids is 3. The second kappa shape index (κ2) is 7.05. The number of benzene rings is 1. The van der Waals surface area contributed by atoms with Crippen molar-refractivity contribution in [1.29, 1.82) is 0 Å². The highest BCUT2D eigenvalue weighted by atomic mass is 79.9. The molecule has 0 radical (unpaired) electrons. The quantitative estimate of drug-likeness (QED) is 0.403. The van der Waals surface area contributed by atoms with E-state index in [4.69, 9.17) is 15.2 Å². The van der Waals surface area contributed by atoms with Crippen molar-refractivity contribution >= 4 is 39.9 Å². The Labute approximate surface area is 169 Å². The first-order valence-corrected chi connectivity index (χ1v) is 9.58. The van der Waals surface area contributed by atoms with Crippen molar-refractivity contribution in [2.45, 2.75) is 6.42 Å². The van der Waals surface area contributed by atoms with Crippen LogP contribution in [0.15, 0.2) is 33.9 Å². The number of allylic oxidation sites excluding steroid dienone is 2. The van der Waals surface area contributed by atoms with E-state index in [9.17, 15) is 14.4 Å². The van der Waals surface area contributed by atoms with Gasteiger partial charge >= 0.3 is 0 Å². The lowest BCUT2D eigenvalue weighted by Crippen LogP contribution is -2.28. The van der Waals surface area contributed by atoms with Crippen LogP contribution >= 0.6 is 15.9 Å². The van der Waals surface area contributed by atoms with Crippen LogP contribution in [0.1, 0.15) is 12.0 Å². The molecular weight excluding hydrogens is 430 g/mol. The Kier molecular flexibility index (Phi) is 4.70. The fourth-order valence-corrected chi connectivity index (χ4v) is 4.80. The van der Waals surface area contributed by atoms with Crippen molar-refractivity contribution in [3.05, 3.63) is 34.3 Å². The number of methoxy groups -OCH3 is 1. The van der Waals surface area contributed by atoms with Crippen LogP contribution in [0.5, 0.6) is 11.5 Å². The number of halogens is 1. The summed E-state index contributed by atoms with van der Waals surface area (Å²) in [6, 6.07) is 3.31. The molecule has 3 amide bonds. The molecule has 4 atom stereocenters. The first-order chi connectivity index (χ1) is 13.4. The third kappa shape index (κ3) is 2.99. The third-order valence-electron chi connectivity index (χ3n) is 5.38. The summed E-state index contributed by atoms with van der Waals surface area (Å²) in [6.07, 6.45) is 6.38. The summed E-state index contributed by atoms with van der Waals surface area (Å²) in [5, 5.41) is 5.13. The molecule has 2 fully saturated rings. The number of hydrogen-bond acceptors (Lipinski definition) is 6. The molecule has 1 heterocycles. The Morgan fingerprint density at radius 2 is 1.93 bits per heavy atom. The predicted molar refractivity (Wildman–Crippen MR) is 103 cm³/mol. The highest BCUT2D eigenvalue weighted by molar-refractivity contribution is 9.10. The summed E-state index contributed by atoms with van der Waals surface area (Å²) in [5.74, 6) is -0.703. The van der Waals surface area contributed by atoms with Crippen molar-refractivity contribution in [1.82, 2.24) is 5.01 Å². The van der Waals surface area contributed by atoms with E-state index in [0.29, 0.717) is 21.5 Å². The summed E-state index contributed by atoms with van der Waals surface area (Å²) in [5.41, 5.74) is 5.69. The summed E-state index contributed by atoms with van der Waals surface area (Å²) in [4.78, 5) is 36.3. The number of fused-ring (bicyclic) bond motifs is 5. The highest BCUT2D eigenvalue weighted by Gasteiger charge is 2.59. The van der Waals surface area contributed by atoms with Crippen LogP contribution in [0, 0.1) is 23.7 Å². The van der Waals surface area contributed by atoms with Crippen molar-refractivity contribution < 1.29 is 23.9 Å². The van der Waals surface area contributed by atoms with Crippen molar-refractivity contribution in [3.63, 3.8) is 0 Å². The zero-order valence-electron chi connectivity index (χ0n) is 15.0. The van der Waals surface area contributed by atoms with Gasteiger partial charge in [-0.1, -0.05) is 12.2 Å². The molecule has 0 aromatic heterocycles. The smallest absolute Gasteiger partial charge is 0.255 e. The maximum Gasteiger partial charge on any atom is 0.255 e. The van der Waals surface area contributed by atoms with Gasteiger partial charge in [-0.3, -0.25) is 14.4 Å². The Morgan fingerprint density at radius 3 is 2.50 bits per heavy atom. The minimum atomic E-state index is -0.611. The molecule has 0 unspecified atom stereocenters. The summed E-state index contributed by atoms with van der Waals surface area (Å²) in [6.45, 7) is -0.293. The SMILES string of the molecule is COc1cc(C=NN2C(=O)[C@@H]3[C@H](C2=O)[C@H]2C=C[C@H]3C2)cc(Br)c1OCC(N)=O. The second-order valence-corrected chi connectivity index (χ2v) is 7.88. The van der Waals surface area contributed by atoms with E-state index in [1.165, 1.54) is 13.3 Å². The summed E-state index contributed by atoms with van der Waals surface area (Å²) >= 11 is 3.36. The van der Waals surface area contributed by atoms with Gasteiger partial charge in [0.25, 0.3) is 17.7 Å². The molecule has 2 N–H and O–H groups in total. The van der Waals surface area contributed by atoms with E-state index in [-0.39, 0.29) is 42.1 Å². The van der Waals surface area contributed by atoms with Crippen LogP contribution in [0.25, 0.3) is 0 Å². The van der Waals surface area contributed by atoms with Crippen molar-refractivity contribution in [3.8, 4) is 11.5 Å². The van der Waals surface area contributed by atoms with Crippen LogP contribution in [-0.2, 0) is 14.4 Å². The van der Waals surface area contributed by atoms with Gasteiger partial charge in [0.05, 0.1) is 29.6 Å². The van der Waals surface area contributed by atoms with Gasteiger partial charge in [-0.05, 0) is 51.9 Å². The first kappa shape index (κ1) is 18.7. The molecule has 1 saturated carbocycles. The monoisotopic (exact) mass is 447 g/mol.